The average molecular weight is 337 g/mol. The standard InChI is InChI=1S/C13H15F3N4O.ClH/c1-20(8-11-18-12(6-17)21-19-11)7-9-4-2-3-5-10(9)13(14,15)16;/h2-5H,6-8,17H2,1H3;1H. The number of rotatable bonds is 5. The van der Waals surface area contributed by atoms with E-state index in [-0.39, 0.29) is 37.6 Å². The number of hydrogen-bond acceptors (Lipinski definition) is 5. The van der Waals surface area contributed by atoms with Crippen LogP contribution >= 0.6 is 12.4 Å². The van der Waals surface area contributed by atoms with E-state index in [1.807, 2.05) is 0 Å². The van der Waals surface area contributed by atoms with Gasteiger partial charge in [-0.1, -0.05) is 23.4 Å². The summed E-state index contributed by atoms with van der Waals surface area (Å²) in [5, 5.41) is 3.71. The first kappa shape index (κ1) is 18.4. The first-order valence-electron chi connectivity index (χ1n) is 6.25. The second-order valence-electron chi connectivity index (χ2n) is 4.64. The van der Waals surface area contributed by atoms with E-state index in [1.54, 1.807) is 18.0 Å². The zero-order valence-corrected chi connectivity index (χ0v) is 12.6. The van der Waals surface area contributed by atoms with Crippen molar-refractivity contribution in [2.45, 2.75) is 25.8 Å². The van der Waals surface area contributed by atoms with Gasteiger partial charge in [-0.15, -0.1) is 12.4 Å². The Bertz CT molecular complexity index is 603. The highest BCUT2D eigenvalue weighted by Gasteiger charge is 2.33. The highest BCUT2D eigenvalue weighted by atomic mass is 35.5. The van der Waals surface area contributed by atoms with Gasteiger partial charge in [-0.25, -0.2) is 0 Å². The van der Waals surface area contributed by atoms with Crippen LogP contribution in [0.15, 0.2) is 28.8 Å². The number of hydrogen-bond donors (Lipinski definition) is 1. The minimum Gasteiger partial charge on any atom is -0.338 e. The third-order valence-corrected chi connectivity index (χ3v) is 2.86. The minimum atomic E-state index is -4.36. The molecule has 1 aromatic heterocycles. The van der Waals surface area contributed by atoms with Crippen LogP contribution < -0.4 is 5.73 Å². The van der Waals surface area contributed by atoms with Crippen LogP contribution in [-0.2, 0) is 25.8 Å². The number of benzene rings is 1. The fraction of sp³-hybridized carbons (Fsp3) is 0.385. The van der Waals surface area contributed by atoms with Crippen LogP contribution in [0.1, 0.15) is 22.8 Å². The third kappa shape index (κ3) is 4.69. The lowest BCUT2D eigenvalue weighted by Crippen LogP contribution is -2.20. The Morgan fingerprint density at radius 3 is 2.50 bits per heavy atom. The van der Waals surface area contributed by atoms with Gasteiger partial charge in [-0.05, 0) is 18.7 Å². The quantitative estimate of drug-likeness (QED) is 0.909. The molecular weight excluding hydrogens is 321 g/mol. The van der Waals surface area contributed by atoms with Crippen molar-refractivity contribution in [3.63, 3.8) is 0 Å². The van der Waals surface area contributed by atoms with E-state index in [4.69, 9.17) is 10.3 Å². The molecule has 0 amide bonds. The molecule has 9 heteroatoms. The molecule has 0 unspecified atom stereocenters. The predicted octanol–water partition coefficient (Wildman–Crippen LogP) is 2.60. The van der Waals surface area contributed by atoms with Gasteiger partial charge in [-0.2, -0.15) is 18.2 Å². The maximum atomic E-state index is 12.9. The van der Waals surface area contributed by atoms with Crippen LogP contribution in [-0.4, -0.2) is 22.1 Å². The zero-order valence-electron chi connectivity index (χ0n) is 11.8. The van der Waals surface area contributed by atoms with Gasteiger partial charge in [0.1, 0.15) is 0 Å². The summed E-state index contributed by atoms with van der Waals surface area (Å²) in [6, 6.07) is 5.49. The van der Waals surface area contributed by atoms with Crippen molar-refractivity contribution in [1.82, 2.24) is 15.0 Å². The first-order chi connectivity index (χ1) is 9.90. The molecule has 2 N–H and O–H groups in total. The number of nitrogens with zero attached hydrogens (tertiary/aromatic N) is 3. The molecule has 5 nitrogen and oxygen atoms in total. The van der Waals surface area contributed by atoms with Gasteiger partial charge in [-0.3, -0.25) is 4.90 Å². The third-order valence-electron chi connectivity index (χ3n) is 2.86. The topological polar surface area (TPSA) is 68.2 Å². The number of aromatic nitrogens is 2. The molecule has 22 heavy (non-hydrogen) atoms. The van der Waals surface area contributed by atoms with Gasteiger partial charge < -0.3 is 10.3 Å². The maximum absolute atomic E-state index is 12.9. The van der Waals surface area contributed by atoms with Crippen molar-refractivity contribution in [3.8, 4) is 0 Å². The van der Waals surface area contributed by atoms with Crippen molar-refractivity contribution < 1.29 is 17.7 Å². The molecule has 1 heterocycles. The summed E-state index contributed by atoms with van der Waals surface area (Å²) in [7, 11) is 1.69. The molecule has 2 aromatic rings. The van der Waals surface area contributed by atoms with Crippen LogP contribution in [0.2, 0.25) is 0 Å². The van der Waals surface area contributed by atoms with Crippen molar-refractivity contribution >= 4 is 12.4 Å². The Balaban J connectivity index is 0.00000242. The average Bonchev–Trinajstić information content (AvgIpc) is 2.85. The number of nitrogens with two attached hydrogens (primary N) is 1. The predicted molar refractivity (Wildman–Crippen MR) is 76.1 cm³/mol. The Kier molecular flexibility index (Phi) is 6.34. The second kappa shape index (κ2) is 7.57. The van der Waals surface area contributed by atoms with Gasteiger partial charge in [0.2, 0.25) is 5.89 Å². The first-order valence-corrected chi connectivity index (χ1v) is 6.25. The van der Waals surface area contributed by atoms with Crippen molar-refractivity contribution in [2.24, 2.45) is 5.73 Å². The number of halogens is 4. The summed E-state index contributed by atoms with van der Waals surface area (Å²) in [5.74, 6) is 0.691. The Morgan fingerprint density at radius 1 is 1.23 bits per heavy atom. The summed E-state index contributed by atoms with van der Waals surface area (Å²) in [6.07, 6.45) is -4.36. The molecule has 0 fully saturated rings. The molecule has 0 saturated heterocycles. The Labute approximate surface area is 131 Å². The van der Waals surface area contributed by atoms with Crippen LogP contribution in [0.25, 0.3) is 0 Å². The molecular formula is C13H16ClF3N4O. The van der Waals surface area contributed by atoms with E-state index >= 15 is 0 Å². The van der Waals surface area contributed by atoms with Gasteiger partial charge in [0.25, 0.3) is 0 Å². The molecule has 0 bridgehead atoms. The van der Waals surface area contributed by atoms with E-state index in [1.165, 1.54) is 12.1 Å². The Morgan fingerprint density at radius 2 is 1.91 bits per heavy atom. The highest BCUT2D eigenvalue weighted by molar-refractivity contribution is 5.85. The second-order valence-corrected chi connectivity index (χ2v) is 4.64. The van der Waals surface area contributed by atoms with Gasteiger partial charge in [0.15, 0.2) is 5.82 Å². The van der Waals surface area contributed by atoms with Gasteiger partial charge in [0, 0.05) is 6.54 Å². The smallest absolute Gasteiger partial charge is 0.338 e. The van der Waals surface area contributed by atoms with Crippen LogP contribution in [0, 0.1) is 0 Å². The van der Waals surface area contributed by atoms with E-state index in [0.717, 1.165) is 6.07 Å². The molecule has 1 aromatic carbocycles. The summed E-state index contributed by atoms with van der Waals surface area (Å²) in [5.41, 5.74) is 4.92. The lowest BCUT2D eigenvalue weighted by atomic mass is 10.1. The van der Waals surface area contributed by atoms with Crippen molar-refractivity contribution in [2.75, 3.05) is 7.05 Å². The monoisotopic (exact) mass is 336 g/mol. The van der Waals surface area contributed by atoms with E-state index < -0.39 is 11.7 Å². The summed E-state index contributed by atoms with van der Waals surface area (Å²) >= 11 is 0. The summed E-state index contributed by atoms with van der Waals surface area (Å²) < 4.78 is 43.6. The summed E-state index contributed by atoms with van der Waals surface area (Å²) in [6.45, 7) is 0.533. The summed E-state index contributed by atoms with van der Waals surface area (Å²) in [4.78, 5) is 5.69. The molecule has 0 spiro atoms. The van der Waals surface area contributed by atoms with E-state index in [9.17, 15) is 13.2 Å². The van der Waals surface area contributed by atoms with E-state index in [0.29, 0.717) is 11.7 Å². The molecule has 0 radical (unpaired) electrons. The van der Waals surface area contributed by atoms with Gasteiger partial charge in [0.05, 0.1) is 18.7 Å². The van der Waals surface area contributed by atoms with Crippen molar-refractivity contribution in [3.05, 3.63) is 47.1 Å². The van der Waals surface area contributed by atoms with Gasteiger partial charge >= 0.3 is 6.18 Å². The number of alkyl halides is 3. The fourth-order valence-corrected chi connectivity index (χ4v) is 1.96. The van der Waals surface area contributed by atoms with Crippen LogP contribution in [0.4, 0.5) is 13.2 Å². The maximum Gasteiger partial charge on any atom is 0.416 e. The SMILES string of the molecule is CN(Cc1noc(CN)n1)Cc1ccccc1C(F)(F)F.Cl. The lowest BCUT2D eigenvalue weighted by molar-refractivity contribution is -0.138. The van der Waals surface area contributed by atoms with E-state index in [2.05, 4.69) is 10.1 Å². The van der Waals surface area contributed by atoms with Crippen LogP contribution in [0.5, 0.6) is 0 Å². The van der Waals surface area contributed by atoms with Crippen molar-refractivity contribution in [1.29, 1.82) is 0 Å². The molecule has 0 atom stereocenters. The molecule has 0 saturated carbocycles. The fourth-order valence-electron chi connectivity index (χ4n) is 1.96. The Hall–Kier alpha value is -1.64. The lowest BCUT2D eigenvalue weighted by Gasteiger charge is -2.18. The molecule has 122 valence electrons. The normalized spacial score (nSPS) is 11.5. The molecule has 2 rings (SSSR count). The molecule has 0 aliphatic carbocycles. The van der Waals surface area contributed by atoms with Crippen LogP contribution in [0.3, 0.4) is 0 Å². The zero-order chi connectivity index (χ0) is 15.5. The molecule has 0 aliphatic heterocycles. The minimum absolute atomic E-state index is 0. The largest absolute Gasteiger partial charge is 0.416 e. The molecule has 0 aliphatic rings. The highest BCUT2D eigenvalue weighted by Crippen LogP contribution is 2.32.